The number of ether oxygens (including phenoxy) is 2. The van der Waals surface area contributed by atoms with Crippen LogP contribution in [-0.2, 0) is 20.9 Å². The van der Waals surface area contributed by atoms with Gasteiger partial charge in [0.1, 0.15) is 5.03 Å². The SMILES string of the molecule is C[C@@H]1[C@H](CSc2ncccc2C(=O)O)O[C@H](c2ccc(NC(=O)C(Cl)(Cl)Cl)cc2)O[C@@H]1c1ccc(CO)cc1. The lowest BCUT2D eigenvalue weighted by atomic mass is 9.91. The second kappa shape index (κ2) is 12.9. The quantitative estimate of drug-likeness (QED) is 0.205. The molecule has 1 amide bonds. The number of benzene rings is 2. The van der Waals surface area contributed by atoms with Gasteiger partial charge in [-0.15, -0.1) is 11.8 Å². The molecule has 1 fully saturated rings. The van der Waals surface area contributed by atoms with Crippen molar-refractivity contribution in [3.8, 4) is 0 Å². The van der Waals surface area contributed by atoms with E-state index in [2.05, 4.69) is 10.3 Å². The monoisotopic (exact) mass is 610 g/mol. The van der Waals surface area contributed by atoms with Gasteiger partial charge in [0, 0.05) is 29.1 Å². The fraction of sp³-hybridized carbons (Fsp3) is 0.296. The number of aromatic carboxylic acids is 1. The van der Waals surface area contributed by atoms with E-state index in [4.69, 9.17) is 44.3 Å². The van der Waals surface area contributed by atoms with E-state index in [-0.39, 0.29) is 30.3 Å². The maximum Gasteiger partial charge on any atom is 0.338 e. The van der Waals surface area contributed by atoms with Crippen molar-refractivity contribution in [2.45, 2.75) is 40.8 Å². The Morgan fingerprint density at radius 2 is 1.69 bits per heavy atom. The summed E-state index contributed by atoms with van der Waals surface area (Å²) >= 11 is 18.2. The molecule has 3 N–H and O–H groups in total. The van der Waals surface area contributed by atoms with Gasteiger partial charge in [-0.25, -0.2) is 9.78 Å². The summed E-state index contributed by atoms with van der Waals surface area (Å²) < 4.78 is 10.7. The van der Waals surface area contributed by atoms with Gasteiger partial charge in [-0.2, -0.15) is 0 Å². The fourth-order valence-electron chi connectivity index (χ4n) is 4.07. The first-order chi connectivity index (χ1) is 18.6. The lowest BCUT2D eigenvalue weighted by Gasteiger charge is -2.41. The molecule has 4 rings (SSSR count). The number of amides is 1. The summed E-state index contributed by atoms with van der Waals surface area (Å²) in [5.74, 6) is -1.50. The number of rotatable bonds is 8. The van der Waals surface area contributed by atoms with E-state index >= 15 is 0 Å². The van der Waals surface area contributed by atoms with Crippen molar-refractivity contribution < 1.29 is 29.3 Å². The third kappa shape index (κ3) is 7.43. The average molecular weight is 612 g/mol. The number of anilines is 1. The maximum absolute atomic E-state index is 12.0. The number of pyridine rings is 1. The third-order valence-corrected chi connectivity index (χ3v) is 7.82. The standard InChI is InChI=1S/C27H25Cl3N2O6S/c1-15-21(14-39-23-20(24(34)35)3-2-12-31-23)37-25(38-22(15)17-6-4-16(13-33)5-7-17)18-8-10-19(11-9-18)32-26(36)27(28,29)30/h2-12,15,21-22,25,33H,13-14H2,1H3,(H,32,36)(H,34,35)/t15-,21+,22+,25+/m1/s1. The number of hydrogen-bond donors (Lipinski definition) is 3. The largest absolute Gasteiger partial charge is 0.478 e. The normalized spacial score (nSPS) is 21.4. The number of nitrogens with one attached hydrogen (secondary N) is 1. The lowest BCUT2D eigenvalue weighted by molar-refractivity contribution is -0.268. The molecule has 1 saturated heterocycles. The molecule has 4 atom stereocenters. The molecule has 0 unspecified atom stereocenters. The van der Waals surface area contributed by atoms with Crippen LogP contribution in [0.15, 0.2) is 71.9 Å². The molecule has 1 aliphatic heterocycles. The molecule has 8 nitrogen and oxygen atoms in total. The zero-order chi connectivity index (χ0) is 28.2. The number of nitrogens with zero attached hydrogens (tertiary/aromatic N) is 1. The van der Waals surface area contributed by atoms with Crippen molar-refractivity contribution in [3.05, 3.63) is 89.1 Å². The van der Waals surface area contributed by atoms with Gasteiger partial charge in [0.05, 0.1) is 24.4 Å². The highest BCUT2D eigenvalue weighted by Crippen LogP contribution is 2.43. The van der Waals surface area contributed by atoms with Crippen molar-refractivity contribution in [2.24, 2.45) is 5.92 Å². The molecule has 39 heavy (non-hydrogen) atoms. The van der Waals surface area contributed by atoms with E-state index in [0.717, 1.165) is 11.1 Å². The van der Waals surface area contributed by atoms with Crippen molar-refractivity contribution in [3.63, 3.8) is 0 Å². The summed E-state index contributed by atoms with van der Waals surface area (Å²) in [5.41, 5.74) is 2.95. The van der Waals surface area contributed by atoms with E-state index in [9.17, 15) is 19.8 Å². The van der Waals surface area contributed by atoms with Crippen LogP contribution >= 0.6 is 46.6 Å². The van der Waals surface area contributed by atoms with Gasteiger partial charge < -0.3 is 25.0 Å². The Balaban J connectivity index is 1.58. The predicted molar refractivity (Wildman–Crippen MR) is 150 cm³/mol. The summed E-state index contributed by atoms with van der Waals surface area (Å²) in [6, 6.07) is 17.4. The number of alkyl halides is 3. The molecule has 3 aromatic rings. The zero-order valence-electron chi connectivity index (χ0n) is 20.6. The van der Waals surface area contributed by atoms with E-state index in [1.165, 1.54) is 17.8 Å². The van der Waals surface area contributed by atoms with Crippen LogP contribution < -0.4 is 5.32 Å². The van der Waals surface area contributed by atoms with Gasteiger partial charge in [-0.1, -0.05) is 78.1 Å². The first kappa shape index (κ1) is 29.6. The average Bonchev–Trinajstić information content (AvgIpc) is 2.92. The van der Waals surface area contributed by atoms with Gasteiger partial charge >= 0.3 is 5.97 Å². The van der Waals surface area contributed by atoms with E-state index in [1.54, 1.807) is 36.5 Å². The van der Waals surface area contributed by atoms with Gasteiger partial charge in [-0.3, -0.25) is 4.79 Å². The third-order valence-electron chi connectivity index (χ3n) is 6.21. The van der Waals surface area contributed by atoms with Gasteiger partial charge in [-0.05, 0) is 35.4 Å². The first-order valence-corrected chi connectivity index (χ1v) is 14.0. The number of hydrogen-bond acceptors (Lipinski definition) is 7. The molecular weight excluding hydrogens is 587 g/mol. The molecule has 206 valence electrons. The van der Waals surface area contributed by atoms with Crippen LogP contribution in [0.1, 0.15) is 46.4 Å². The van der Waals surface area contributed by atoms with Crippen molar-refractivity contribution in [1.82, 2.24) is 4.98 Å². The molecule has 1 aromatic heterocycles. The number of aliphatic hydroxyl groups excluding tert-OH is 1. The Morgan fingerprint density at radius 1 is 1.03 bits per heavy atom. The Morgan fingerprint density at radius 3 is 2.31 bits per heavy atom. The topological polar surface area (TPSA) is 118 Å². The van der Waals surface area contributed by atoms with E-state index < -0.39 is 22.0 Å². The van der Waals surface area contributed by atoms with Crippen molar-refractivity contribution >= 4 is 64.1 Å². The van der Waals surface area contributed by atoms with Gasteiger partial charge in [0.25, 0.3) is 9.70 Å². The zero-order valence-corrected chi connectivity index (χ0v) is 23.7. The number of carboxylic acids is 1. The number of thioether (sulfide) groups is 1. The maximum atomic E-state index is 12.0. The minimum Gasteiger partial charge on any atom is -0.478 e. The minimum atomic E-state index is -2.10. The summed E-state index contributed by atoms with van der Waals surface area (Å²) in [4.78, 5) is 27.9. The van der Waals surface area contributed by atoms with Crippen LogP contribution in [0.3, 0.4) is 0 Å². The Bertz CT molecular complexity index is 1300. The molecule has 1 aliphatic rings. The molecule has 0 spiro atoms. The second-order valence-electron chi connectivity index (χ2n) is 8.87. The first-order valence-electron chi connectivity index (χ1n) is 11.9. The molecular formula is C27H25Cl3N2O6S. The van der Waals surface area contributed by atoms with Gasteiger partial charge in [0.15, 0.2) is 6.29 Å². The van der Waals surface area contributed by atoms with Gasteiger partial charge in [0.2, 0.25) is 0 Å². The summed E-state index contributed by atoms with van der Waals surface area (Å²) in [6.07, 6.45) is 0.118. The van der Waals surface area contributed by atoms with E-state index in [1.807, 2.05) is 31.2 Å². The molecule has 2 aromatic carbocycles. The number of carbonyl (C=O) groups is 2. The van der Waals surface area contributed by atoms with Crippen LogP contribution in [-0.4, -0.2) is 42.7 Å². The number of halogens is 3. The summed E-state index contributed by atoms with van der Waals surface area (Å²) in [7, 11) is 0. The summed E-state index contributed by atoms with van der Waals surface area (Å²) in [6.45, 7) is 1.95. The van der Waals surface area contributed by atoms with E-state index in [0.29, 0.717) is 22.0 Å². The number of carbonyl (C=O) groups excluding carboxylic acids is 1. The summed E-state index contributed by atoms with van der Waals surface area (Å²) in [5, 5.41) is 21.9. The van der Waals surface area contributed by atoms with Crippen LogP contribution in [0, 0.1) is 5.92 Å². The Hall–Kier alpha value is -2.37. The number of aromatic nitrogens is 1. The second-order valence-corrected chi connectivity index (χ2v) is 12.2. The number of aliphatic hydroxyl groups is 1. The molecule has 0 radical (unpaired) electrons. The Kier molecular flexibility index (Phi) is 9.77. The highest BCUT2D eigenvalue weighted by Gasteiger charge is 2.38. The van der Waals surface area contributed by atoms with Crippen LogP contribution in [0.4, 0.5) is 5.69 Å². The highest BCUT2D eigenvalue weighted by molar-refractivity contribution is 7.99. The molecule has 2 heterocycles. The van der Waals surface area contributed by atoms with Crippen LogP contribution in [0.5, 0.6) is 0 Å². The van der Waals surface area contributed by atoms with Crippen molar-refractivity contribution in [1.29, 1.82) is 0 Å². The molecule has 0 bridgehead atoms. The lowest BCUT2D eigenvalue weighted by Crippen LogP contribution is -2.38. The molecule has 0 aliphatic carbocycles. The predicted octanol–water partition coefficient (Wildman–Crippen LogP) is 6.16. The van der Waals surface area contributed by atoms with Crippen LogP contribution in [0.2, 0.25) is 0 Å². The number of carboxylic acid groups (broad SMARTS) is 1. The minimum absolute atomic E-state index is 0.0660. The van der Waals surface area contributed by atoms with Crippen molar-refractivity contribution in [2.75, 3.05) is 11.1 Å². The highest BCUT2D eigenvalue weighted by atomic mass is 35.6. The van der Waals surface area contributed by atoms with Crippen LogP contribution in [0.25, 0.3) is 0 Å². The smallest absolute Gasteiger partial charge is 0.338 e. The molecule has 0 saturated carbocycles. The molecule has 12 heteroatoms. The fourth-order valence-corrected chi connectivity index (χ4v) is 5.36. The Labute approximate surface area is 244 Å².